The first-order valence-corrected chi connectivity index (χ1v) is 9.35. The predicted octanol–water partition coefficient (Wildman–Crippen LogP) is 3.53. The highest BCUT2D eigenvalue weighted by Gasteiger charge is 2.54. The molecule has 1 saturated carbocycles. The second kappa shape index (κ2) is 6.47. The molecule has 3 nitrogen and oxygen atoms in total. The fourth-order valence-corrected chi connectivity index (χ4v) is 4.65. The van der Waals surface area contributed by atoms with Gasteiger partial charge in [0.15, 0.2) is 0 Å². The fraction of sp³-hybridized carbons (Fsp3) is 0.381. The van der Waals surface area contributed by atoms with Gasteiger partial charge in [0.25, 0.3) is 0 Å². The highest BCUT2D eigenvalue weighted by Crippen LogP contribution is 2.50. The van der Waals surface area contributed by atoms with Crippen molar-refractivity contribution in [1.82, 2.24) is 4.90 Å². The molecule has 2 aromatic rings. The van der Waals surface area contributed by atoms with E-state index >= 15 is 0 Å². The maximum absolute atomic E-state index is 13.6. The molecule has 1 fully saturated rings. The van der Waals surface area contributed by atoms with Crippen LogP contribution in [-0.2, 0) is 23.2 Å². The molecular weight excluding hydrogens is 332 g/mol. The van der Waals surface area contributed by atoms with Crippen molar-refractivity contribution in [2.75, 3.05) is 13.1 Å². The van der Waals surface area contributed by atoms with E-state index in [-0.39, 0.29) is 11.8 Å². The first kappa shape index (κ1) is 16.6. The van der Waals surface area contributed by atoms with Crippen molar-refractivity contribution >= 4 is 17.5 Å². The second-order valence-corrected chi connectivity index (χ2v) is 7.63. The second-order valence-electron chi connectivity index (χ2n) is 7.20. The van der Waals surface area contributed by atoms with Crippen LogP contribution in [0.3, 0.4) is 0 Å². The molecule has 2 aliphatic rings. The Morgan fingerprint density at radius 3 is 2.68 bits per heavy atom. The van der Waals surface area contributed by atoms with Crippen LogP contribution in [0.4, 0.5) is 0 Å². The number of halogens is 1. The maximum Gasteiger partial charge on any atom is 0.233 e. The number of nitrogens with two attached hydrogens (primary N) is 1. The van der Waals surface area contributed by atoms with E-state index in [1.54, 1.807) is 0 Å². The van der Waals surface area contributed by atoms with Crippen molar-refractivity contribution in [2.45, 2.75) is 31.2 Å². The van der Waals surface area contributed by atoms with E-state index in [1.165, 1.54) is 11.1 Å². The van der Waals surface area contributed by atoms with Gasteiger partial charge < -0.3 is 10.6 Å². The number of carbonyl (C=O) groups is 1. The third-order valence-electron chi connectivity index (χ3n) is 6.01. The predicted molar refractivity (Wildman–Crippen MR) is 100 cm³/mol. The van der Waals surface area contributed by atoms with Gasteiger partial charge >= 0.3 is 0 Å². The third kappa shape index (κ3) is 2.66. The molecule has 1 amide bonds. The van der Waals surface area contributed by atoms with E-state index in [0.717, 1.165) is 31.4 Å². The van der Waals surface area contributed by atoms with Crippen LogP contribution in [0.5, 0.6) is 0 Å². The number of rotatable bonds is 3. The molecule has 1 aliphatic carbocycles. The van der Waals surface area contributed by atoms with Gasteiger partial charge in [-0.15, -0.1) is 0 Å². The lowest BCUT2D eigenvalue weighted by Gasteiger charge is -2.51. The van der Waals surface area contributed by atoms with Crippen LogP contribution >= 0.6 is 11.6 Å². The van der Waals surface area contributed by atoms with E-state index < -0.39 is 5.41 Å². The summed E-state index contributed by atoms with van der Waals surface area (Å²) in [6, 6.07) is 16.2. The van der Waals surface area contributed by atoms with Gasteiger partial charge in [-0.3, -0.25) is 4.79 Å². The van der Waals surface area contributed by atoms with Gasteiger partial charge in [-0.2, -0.15) is 0 Å². The van der Waals surface area contributed by atoms with Gasteiger partial charge in [0.05, 0.1) is 5.41 Å². The summed E-state index contributed by atoms with van der Waals surface area (Å²) in [7, 11) is 0. The summed E-state index contributed by atoms with van der Waals surface area (Å²) in [6.07, 6.45) is 2.77. The van der Waals surface area contributed by atoms with Crippen LogP contribution in [-0.4, -0.2) is 23.9 Å². The molecule has 0 bridgehead atoms. The Balaban J connectivity index is 1.68. The minimum Gasteiger partial charge on any atom is -0.337 e. The van der Waals surface area contributed by atoms with Crippen molar-refractivity contribution in [2.24, 2.45) is 11.7 Å². The lowest BCUT2D eigenvalue weighted by Crippen LogP contribution is -2.59. The van der Waals surface area contributed by atoms with Crippen LogP contribution in [0.2, 0.25) is 5.02 Å². The lowest BCUT2D eigenvalue weighted by molar-refractivity contribution is -0.145. The number of amides is 1. The maximum atomic E-state index is 13.6. The molecule has 1 aliphatic heterocycles. The summed E-state index contributed by atoms with van der Waals surface area (Å²) in [5.74, 6) is 0.404. The Bertz CT molecular complexity index is 804. The SMILES string of the molecule is NC[C@@H]1CC[C@@]1(C(=O)N1CCc2ccccc2C1)c1cccc(Cl)c1. The average molecular weight is 355 g/mol. The molecule has 2 atom stereocenters. The zero-order chi connectivity index (χ0) is 17.4. The molecule has 0 aromatic heterocycles. The minimum absolute atomic E-state index is 0.190. The molecule has 0 saturated heterocycles. The van der Waals surface area contributed by atoms with Crippen LogP contribution in [0.15, 0.2) is 48.5 Å². The van der Waals surface area contributed by atoms with Crippen molar-refractivity contribution in [3.8, 4) is 0 Å². The molecular formula is C21H23ClN2O. The zero-order valence-electron chi connectivity index (χ0n) is 14.2. The lowest BCUT2D eigenvalue weighted by atomic mass is 9.55. The van der Waals surface area contributed by atoms with E-state index in [0.29, 0.717) is 18.1 Å². The van der Waals surface area contributed by atoms with Crippen molar-refractivity contribution < 1.29 is 4.79 Å². The number of hydrogen-bond donors (Lipinski definition) is 1. The smallest absolute Gasteiger partial charge is 0.233 e. The van der Waals surface area contributed by atoms with Gasteiger partial charge in [-0.1, -0.05) is 48.0 Å². The Labute approximate surface area is 153 Å². The van der Waals surface area contributed by atoms with Gasteiger partial charge in [-0.05, 0) is 60.5 Å². The van der Waals surface area contributed by atoms with Crippen molar-refractivity contribution in [3.63, 3.8) is 0 Å². The first-order chi connectivity index (χ1) is 12.1. The van der Waals surface area contributed by atoms with Crippen LogP contribution in [0.25, 0.3) is 0 Å². The van der Waals surface area contributed by atoms with Gasteiger partial charge in [0.2, 0.25) is 5.91 Å². The molecule has 130 valence electrons. The number of hydrogen-bond acceptors (Lipinski definition) is 2. The third-order valence-corrected chi connectivity index (χ3v) is 6.24. The number of benzene rings is 2. The average Bonchev–Trinajstić information content (AvgIpc) is 2.61. The van der Waals surface area contributed by atoms with Crippen molar-refractivity contribution in [3.05, 3.63) is 70.2 Å². The Morgan fingerprint density at radius 1 is 1.20 bits per heavy atom. The summed E-state index contributed by atoms with van der Waals surface area (Å²) in [5.41, 5.74) is 9.15. The van der Waals surface area contributed by atoms with Crippen LogP contribution in [0, 0.1) is 5.92 Å². The Morgan fingerprint density at radius 2 is 2.00 bits per heavy atom. The number of nitrogens with zero attached hydrogens (tertiary/aromatic N) is 1. The molecule has 0 radical (unpaired) electrons. The highest BCUT2D eigenvalue weighted by atomic mass is 35.5. The summed E-state index contributed by atoms with van der Waals surface area (Å²) in [5, 5.41) is 0.677. The fourth-order valence-electron chi connectivity index (χ4n) is 4.46. The van der Waals surface area contributed by atoms with E-state index in [4.69, 9.17) is 17.3 Å². The molecule has 2 aromatic carbocycles. The van der Waals surface area contributed by atoms with Gasteiger partial charge in [0, 0.05) is 18.1 Å². The molecule has 4 rings (SSSR count). The molecule has 0 unspecified atom stereocenters. The van der Waals surface area contributed by atoms with E-state index in [2.05, 4.69) is 18.2 Å². The quantitative estimate of drug-likeness (QED) is 0.916. The molecule has 4 heteroatoms. The summed E-state index contributed by atoms with van der Waals surface area (Å²) in [6.45, 7) is 1.99. The van der Waals surface area contributed by atoms with Gasteiger partial charge in [-0.25, -0.2) is 0 Å². The Kier molecular flexibility index (Phi) is 4.30. The molecule has 0 spiro atoms. The van der Waals surface area contributed by atoms with E-state index in [1.807, 2.05) is 35.2 Å². The largest absolute Gasteiger partial charge is 0.337 e. The van der Waals surface area contributed by atoms with Crippen LogP contribution in [0.1, 0.15) is 29.5 Å². The monoisotopic (exact) mass is 354 g/mol. The van der Waals surface area contributed by atoms with Crippen LogP contribution < -0.4 is 5.73 Å². The first-order valence-electron chi connectivity index (χ1n) is 8.97. The Hall–Kier alpha value is -1.84. The number of fused-ring (bicyclic) bond motifs is 1. The van der Waals surface area contributed by atoms with Crippen molar-refractivity contribution in [1.29, 1.82) is 0 Å². The van der Waals surface area contributed by atoms with E-state index in [9.17, 15) is 4.79 Å². The summed E-state index contributed by atoms with van der Waals surface area (Å²) < 4.78 is 0. The van der Waals surface area contributed by atoms with Gasteiger partial charge in [0.1, 0.15) is 0 Å². The highest BCUT2D eigenvalue weighted by molar-refractivity contribution is 6.30. The molecule has 1 heterocycles. The molecule has 2 N–H and O–H groups in total. The summed E-state index contributed by atoms with van der Waals surface area (Å²) >= 11 is 6.22. The normalized spacial score (nSPS) is 25.2. The standard InChI is InChI=1S/C21H23ClN2O/c22-19-7-3-6-17(12-19)21(10-8-18(21)13-23)20(25)24-11-9-15-4-1-2-5-16(15)14-24/h1-7,12,18H,8-11,13-14,23H2/t18-,21+/m0/s1. The number of carbonyl (C=O) groups excluding carboxylic acids is 1. The minimum atomic E-state index is -0.508. The zero-order valence-corrected chi connectivity index (χ0v) is 15.0. The molecule has 25 heavy (non-hydrogen) atoms. The topological polar surface area (TPSA) is 46.3 Å². The summed E-state index contributed by atoms with van der Waals surface area (Å²) in [4.78, 5) is 15.6.